The zero-order valence-corrected chi connectivity index (χ0v) is 9.09. The Balaban J connectivity index is 2.33. The summed E-state index contributed by atoms with van der Waals surface area (Å²) in [7, 11) is 0. The van der Waals surface area contributed by atoms with Crippen LogP contribution in [0.4, 0.5) is 0 Å². The lowest BCUT2D eigenvalue weighted by Gasteiger charge is -2.30. The van der Waals surface area contributed by atoms with Crippen molar-refractivity contribution in [3.05, 3.63) is 29.0 Å². The largest absolute Gasteiger partial charge is 0.317 e. The number of rotatable bonds is 1. The second kappa shape index (κ2) is 4.18. The van der Waals surface area contributed by atoms with Crippen molar-refractivity contribution in [3.8, 4) is 6.07 Å². The van der Waals surface area contributed by atoms with E-state index in [1.165, 1.54) is 0 Å². The molecule has 0 bridgehead atoms. The van der Waals surface area contributed by atoms with E-state index in [-0.39, 0.29) is 0 Å². The van der Waals surface area contributed by atoms with E-state index in [1.807, 2.05) is 6.07 Å². The van der Waals surface area contributed by atoms with Crippen LogP contribution >= 0.6 is 11.6 Å². The maximum Gasteiger partial charge on any atom is 0.102 e. The van der Waals surface area contributed by atoms with Gasteiger partial charge in [0.25, 0.3) is 0 Å². The number of aromatic nitrogens is 1. The third kappa shape index (κ3) is 1.97. The quantitative estimate of drug-likeness (QED) is 0.788. The predicted octanol–water partition coefficient (Wildman–Crippen LogP) is 1.88. The van der Waals surface area contributed by atoms with Gasteiger partial charge in [0.1, 0.15) is 5.41 Å². The smallest absolute Gasteiger partial charge is 0.102 e. The fraction of sp³-hybridized carbons (Fsp3) is 0.455. The molecule has 1 aromatic rings. The number of nitrogens with zero attached hydrogens (tertiary/aromatic N) is 2. The molecule has 1 aromatic heterocycles. The molecular formula is C11H12ClN3. The lowest BCUT2D eigenvalue weighted by Crippen LogP contribution is -2.39. The van der Waals surface area contributed by atoms with Crippen LogP contribution in [0.5, 0.6) is 0 Å². The molecule has 1 fully saturated rings. The van der Waals surface area contributed by atoms with E-state index in [0.29, 0.717) is 5.02 Å². The van der Waals surface area contributed by atoms with Crippen LogP contribution in [0.15, 0.2) is 18.3 Å². The maximum absolute atomic E-state index is 9.31. The van der Waals surface area contributed by atoms with Gasteiger partial charge in [-0.25, -0.2) is 0 Å². The SMILES string of the molecule is N#CC1(c2ccc(Cl)cn2)CCNCC1. The zero-order chi connectivity index (χ0) is 10.7. The van der Waals surface area contributed by atoms with Gasteiger partial charge in [-0.3, -0.25) is 4.98 Å². The van der Waals surface area contributed by atoms with Crippen molar-refractivity contribution in [3.63, 3.8) is 0 Å². The number of pyridine rings is 1. The number of nitrogens with one attached hydrogen (secondary N) is 1. The first-order chi connectivity index (χ1) is 7.27. The lowest BCUT2D eigenvalue weighted by atomic mass is 9.77. The topological polar surface area (TPSA) is 48.7 Å². The highest BCUT2D eigenvalue weighted by atomic mass is 35.5. The van der Waals surface area contributed by atoms with Crippen molar-refractivity contribution in [1.29, 1.82) is 5.26 Å². The fourth-order valence-electron chi connectivity index (χ4n) is 1.94. The van der Waals surface area contributed by atoms with Gasteiger partial charge < -0.3 is 5.32 Å². The zero-order valence-electron chi connectivity index (χ0n) is 8.33. The Morgan fingerprint density at radius 1 is 1.40 bits per heavy atom. The van der Waals surface area contributed by atoms with E-state index in [4.69, 9.17) is 11.6 Å². The summed E-state index contributed by atoms with van der Waals surface area (Å²) in [6, 6.07) is 6.06. The van der Waals surface area contributed by atoms with Crippen LogP contribution in [-0.2, 0) is 5.41 Å². The highest BCUT2D eigenvalue weighted by Crippen LogP contribution is 2.31. The van der Waals surface area contributed by atoms with Gasteiger partial charge >= 0.3 is 0 Å². The minimum atomic E-state index is -0.421. The molecule has 78 valence electrons. The predicted molar refractivity (Wildman–Crippen MR) is 58.6 cm³/mol. The van der Waals surface area contributed by atoms with E-state index in [9.17, 15) is 5.26 Å². The Bertz CT molecular complexity index is 374. The molecule has 2 rings (SSSR count). The molecule has 0 radical (unpaired) electrons. The highest BCUT2D eigenvalue weighted by molar-refractivity contribution is 6.30. The van der Waals surface area contributed by atoms with Gasteiger partial charge in [0.2, 0.25) is 0 Å². The Hall–Kier alpha value is -1.11. The van der Waals surface area contributed by atoms with Gasteiger partial charge in [-0.2, -0.15) is 5.26 Å². The third-order valence-electron chi connectivity index (χ3n) is 2.89. The molecule has 0 aliphatic carbocycles. The standard InChI is InChI=1S/C11H12ClN3/c12-9-1-2-10(15-7-9)11(8-13)3-5-14-6-4-11/h1-2,7,14H,3-6H2. The first kappa shape index (κ1) is 10.4. The van der Waals surface area contributed by atoms with Crippen LogP contribution in [0.25, 0.3) is 0 Å². The van der Waals surface area contributed by atoms with Crippen LogP contribution < -0.4 is 5.32 Å². The van der Waals surface area contributed by atoms with Gasteiger partial charge in [-0.15, -0.1) is 0 Å². The Morgan fingerprint density at radius 3 is 2.67 bits per heavy atom. The molecule has 3 nitrogen and oxygen atoms in total. The van der Waals surface area contributed by atoms with E-state index in [0.717, 1.165) is 31.6 Å². The summed E-state index contributed by atoms with van der Waals surface area (Å²) in [6.07, 6.45) is 3.24. The average molecular weight is 222 g/mol. The summed E-state index contributed by atoms with van der Waals surface area (Å²) >= 11 is 5.78. The number of halogens is 1. The Kier molecular flexibility index (Phi) is 2.90. The monoisotopic (exact) mass is 221 g/mol. The van der Waals surface area contributed by atoms with Crippen molar-refractivity contribution < 1.29 is 0 Å². The summed E-state index contributed by atoms with van der Waals surface area (Å²) in [4.78, 5) is 4.26. The summed E-state index contributed by atoms with van der Waals surface area (Å²) in [5.74, 6) is 0. The molecule has 15 heavy (non-hydrogen) atoms. The molecule has 1 aliphatic rings. The number of hydrogen-bond acceptors (Lipinski definition) is 3. The maximum atomic E-state index is 9.31. The molecule has 4 heteroatoms. The lowest BCUT2D eigenvalue weighted by molar-refractivity contribution is 0.375. The van der Waals surface area contributed by atoms with Crippen LogP contribution in [-0.4, -0.2) is 18.1 Å². The van der Waals surface area contributed by atoms with Crippen molar-refractivity contribution in [2.75, 3.05) is 13.1 Å². The first-order valence-electron chi connectivity index (χ1n) is 5.01. The summed E-state index contributed by atoms with van der Waals surface area (Å²) in [6.45, 7) is 1.75. The van der Waals surface area contributed by atoms with Crippen molar-refractivity contribution >= 4 is 11.6 Å². The average Bonchev–Trinajstić information content (AvgIpc) is 2.31. The normalized spacial score (nSPS) is 19.5. The van der Waals surface area contributed by atoms with E-state index >= 15 is 0 Å². The van der Waals surface area contributed by atoms with E-state index in [2.05, 4.69) is 16.4 Å². The van der Waals surface area contributed by atoms with Gasteiger partial charge in [0, 0.05) is 6.20 Å². The van der Waals surface area contributed by atoms with Gasteiger partial charge in [-0.05, 0) is 38.1 Å². The van der Waals surface area contributed by atoms with Crippen LogP contribution in [0.1, 0.15) is 18.5 Å². The third-order valence-corrected chi connectivity index (χ3v) is 3.11. The molecule has 0 saturated carbocycles. The number of hydrogen-bond donors (Lipinski definition) is 1. The van der Waals surface area contributed by atoms with Crippen LogP contribution in [0, 0.1) is 11.3 Å². The minimum Gasteiger partial charge on any atom is -0.317 e. The van der Waals surface area contributed by atoms with Gasteiger partial charge in [-0.1, -0.05) is 11.6 Å². The summed E-state index contributed by atoms with van der Waals surface area (Å²) < 4.78 is 0. The Morgan fingerprint density at radius 2 is 2.13 bits per heavy atom. The molecule has 0 unspecified atom stereocenters. The van der Waals surface area contributed by atoms with Crippen molar-refractivity contribution in [2.45, 2.75) is 18.3 Å². The molecule has 2 heterocycles. The molecule has 1 saturated heterocycles. The molecule has 1 N–H and O–H groups in total. The van der Waals surface area contributed by atoms with Gasteiger partial charge in [0.15, 0.2) is 0 Å². The second-order valence-corrected chi connectivity index (χ2v) is 4.24. The first-order valence-corrected chi connectivity index (χ1v) is 5.39. The summed E-state index contributed by atoms with van der Waals surface area (Å²) in [5.41, 5.74) is 0.423. The number of nitriles is 1. The molecule has 0 amide bonds. The highest BCUT2D eigenvalue weighted by Gasteiger charge is 2.35. The summed E-state index contributed by atoms with van der Waals surface area (Å²) in [5, 5.41) is 13.2. The van der Waals surface area contributed by atoms with Crippen LogP contribution in [0.2, 0.25) is 5.02 Å². The van der Waals surface area contributed by atoms with E-state index in [1.54, 1.807) is 12.3 Å². The van der Waals surface area contributed by atoms with Crippen molar-refractivity contribution in [1.82, 2.24) is 10.3 Å². The number of piperidine rings is 1. The second-order valence-electron chi connectivity index (χ2n) is 3.81. The molecule has 0 aromatic carbocycles. The molecule has 0 spiro atoms. The fourth-order valence-corrected chi connectivity index (χ4v) is 2.05. The van der Waals surface area contributed by atoms with Crippen LogP contribution in [0.3, 0.4) is 0 Å². The molecular weight excluding hydrogens is 210 g/mol. The van der Waals surface area contributed by atoms with Crippen molar-refractivity contribution in [2.24, 2.45) is 0 Å². The molecule has 0 atom stereocenters. The van der Waals surface area contributed by atoms with Gasteiger partial charge in [0.05, 0.1) is 16.8 Å². The molecule has 1 aliphatic heterocycles. The Labute approximate surface area is 94.1 Å². The van der Waals surface area contributed by atoms with E-state index < -0.39 is 5.41 Å². The minimum absolute atomic E-state index is 0.421.